The van der Waals surface area contributed by atoms with Gasteiger partial charge in [-0.2, -0.15) is 0 Å². The van der Waals surface area contributed by atoms with Crippen LogP contribution in [-0.2, 0) is 15.1 Å². The largest absolute Gasteiger partial charge is 0.479 e. The number of hydrogen-bond acceptors (Lipinski definition) is 3. The second-order valence-electron chi connectivity index (χ2n) is 6.49. The molecule has 124 valence electrons. The summed E-state index contributed by atoms with van der Waals surface area (Å²) in [6.45, 7) is 2.79. The molecule has 1 aliphatic heterocycles. The summed E-state index contributed by atoms with van der Waals surface area (Å²) in [7, 11) is 0. The van der Waals surface area contributed by atoms with E-state index in [2.05, 4.69) is 17.1 Å². The highest BCUT2D eigenvalue weighted by molar-refractivity contribution is 5.81. The topological polar surface area (TPSA) is 75.4 Å². The van der Waals surface area contributed by atoms with Crippen molar-refractivity contribution in [2.45, 2.75) is 44.6 Å². The van der Waals surface area contributed by atoms with E-state index in [1.807, 2.05) is 11.8 Å². The molecule has 1 amide bonds. The molecule has 1 N–H and O–H groups in total. The van der Waals surface area contributed by atoms with E-state index in [0.29, 0.717) is 31.8 Å². The Morgan fingerprint density at radius 1 is 1.30 bits per heavy atom. The zero-order valence-corrected chi connectivity index (χ0v) is 13.4. The van der Waals surface area contributed by atoms with Crippen molar-refractivity contribution >= 4 is 11.9 Å². The van der Waals surface area contributed by atoms with Crippen LogP contribution in [0.3, 0.4) is 0 Å². The highest BCUT2D eigenvalue weighted by Gasteiger charge is 2.45. The summed E-state index contributed by atoms with van der Waals surface area (Å²) >= 11 is 0. The molecule has 1 aliphatic carbocycles. The smallest absolute Gasteiger partial charge is 0.330 e. The van der Waals surface area contributed by atoms with Crippen molar-refractivity contribution in [3.63, 3.8) is 0 Å². The lowest BCUT2D eigenvalue weighted by Crippen LogP contribution is -2.53. The Balaban J connectivity index is 1.73. The monoisotopic (exact) mass is 317 g/mol. The third-order valence-corrected chi connectivity index (χ3v) is 5.21. The number of carboxylic acids is 1. The van der Waals surface area contributed by atoms with E-state index in [9.17, 15) is 14.7 Å². The number of hydrogen-bond donors (Lipinski definition) is 1. The highest BCUT2D eigenvalue weighted by Crippen LogP contribution is 2.33. The predicted molar refractivity (Wildman–Crippen MR) is 84.9 cm³/mol. The zero-order valence-electron chi connectivity index (χ0n) is 13.4. The molecule has 0 spiro atoms. The van der Waals surface area contributed by atoms with Gasteiger partial charge >= 0.3 is 5.97 Å². The van der Waals surface area contributed by atoms with E-state index >= 15 is 0 Å². The second kappa shape index (κ2) is 6.18. The normalized spacial score (nSPS) is 23.7. The van der Waals surface area contributed by atoms with Crippen molar-refractivity contribution in [1.82, 2.24) is 14.5 Å². The first-order chi connectivity index (χ1) is 11.0. The molecule has 0 aromatic carbocycles. The first-order valence-corrected chi connectivity index (χ1v) is 8.22. The van der Waals surface area contributed by atoms with Gasteiger partial charge in [-0.25, -0.2) is 9.78 Å². The van der Waals surface area contributed by atoms with Crippen LogP contribution in [-0.4, -0.2) is 44.5 Å². The van der Waals surface area contributed by atoms with Gasteiger partial charge in [0.15, 0.2) is 0 Å². The number of aliphatic carboxylic acids is 1. The minimum Gasteiger partial charge on any atom is -0.479 e. The molecular formula is C17H23N3O3. The third kappa shape index (κ3) is 2.78. The van der Waals surface area contributed by atoms with Crippen LogP contribution >= 0.6 is 0 Å². The number of aryl methyl sites for hydroxylation is 1. The molecule has 2 aliphatic rings. The van der Waals surface area contributed by atoms with E-state index in [-0.39, 0.29) is 11.8 Å². The fourth-order valence-corrected chi connectivity index (χ4v) is 3.76. The maximum absolute atomic E-state index is 12.6. The minimum atomic E-state index is -0.982. The van der Waals surface area contributed by atoms with Crippen molar-refractivity contribution < 1.29 is 14.7 Å². The SMILES string of the molecule is Cc1nccn1C1(C(=O)O)CCN(C(=O)C2CC=CCC2)CC1. The maximum Gasteiger partial charge on any atom is 0.330 e. The number of carbonyl (C=O) groups excluding carboxylic acids is 1. The number of likely N-dealkylation sites (tertiary alicyclic amines) is 1. The van der Waals surface area contributed by atoms with Gasteiger partial charge in [-0.05, 0) is 39.0 Å². The highest BCUT2D eigenvalue weighted by atomic mass is 16.4. The lowest BCUT2D eigenvalue weighted by atomic mass is 9.85. The van der Waals surface area contributed by atoms with Gasteiger partial charge in [0.1, 0.15) is 11.4 Å². The summed E-state index contributed by atoms with van der Waals surface area (Å²) in [5.41, 5.74) is -0.982. The van der Waals surface area contributed by atoms with Gasteiger partial charge < -0.3 is 14.6 Å². The lowest BCUT2D eigenvalue weighted by Gasteiger charge is -2.41. The van der Waals surface area contributed by atoms with Crippen LogP contribution in [0.1, 0.15) is 37.9 Å². The van der Waals surface area contributed by atoms with E-state index in [1.54, 1.807) is 17.0 Å². The predicted octanol–water partition coefficient (Wildman–Crippen LogP) is 1.95. The molecular weight excluding hydrogens is 294 g/mol. The molecule has 1 saturated heterocycles. The van der Waals surface area contributed by atoms with Gasteiger partial charge in [0.05, 0.1) is 0 Å². The first kappa shape index (κ1) is 15.8. The molecule has 1 unspecified atom stereocenters. The van der Waals surface area contributed by atoms with Crippen molar-refractivity contribution in [1.29, 1.82) is 0 Å². The Morgan fingerprint density at radius 3 is 2.57 bits per heavy atom. The average molecular weight is 317 g/mol. The number of piperidine rings is 1. The van der Waals surface area contributed by atoms with Gasteiger partial charge in [-0.3, -0.25) is 4.79 Å². The fourth-order valence-electron chi connectivity index (χ4n) is 3.76. The number of carbonyl (C=O) groups is 2. The summed E-state index contributed by atoms with van der Waals surface area (Å²) in [5.74, 6) is 0.0962. The van der Waals surface area contributed by atoms with Crippen molar-refractivity contribution in [3.8, 4) is 0 Å². The molecule has 6 heteroatoms. The number of carboxylic acid groups (broad SMARTS) is 1. The molecule has 2 heterocycles. The standard InChI is InChI=1S/C17H23N3O3/c1-13-18-9-12-20(13)17(16(22)23)7-10-19(11-8-17)15(21)14-5-3-2-4-6-14/h2-3,9,12,14H,4-8,10-11H2,1H3,(H,22,23). The minimum absolute atomic E-state index is 0.0623. The molecule has 6 nitrogen and oxygen atoms in total. The molecule has 3 rings (SSSR count). The van der Waals surface area contributed by atoms with Crippen LogP contribution in [0.15, 0.2) is 24.5 Å². The van der Waals surface area contributed by atoms with Crippen LogP contribution in [0.2, 0.25) is 0 Å². The van der Waals surface area contributed by atoms with Gasteiger partial charge in [0.2, 0.25) is 5.91 Å². The maximum atomic E-state index is 12.6. The number of allylic oxidation sites excluding steroid dienone is 2. The van der Waals surface area contributed by atoms with E-state index < -0.39 is 11.5 Å². The molecule has 1 aromatic heterocycles. The van der Waals surface area contributed by atoms with Gasteiger partial charge in [-0.1, -0.05) is 12.2 Å². The van der Waals surface area contributed by atoms with Crippen molar-refractivity contribution in [3.05, 3.63) is 30.4 Å². The molecule has 1 atom stereocenters. The average Bonchev–Trinajstić information content (AvgIpc) is 3.01. The van der Waals surface area contributed by atoms with Gasteiger partial charge in [-0.15, -0.1) is 0 Å². The van der Waals surface area contributed by atoms with Crippen LogP contribution < -0.4 is 0 Å². The Labute approximate surface area is 135 Å². The number of aromatic nitrogens is 2. The fraction of sp³-hybridized carbons (Fsp3) is 0.588. The van der Waals surface area contributed by atoms with Crippen LogP contribution in [0, 0.1) is 12.8 Å². The lowest BCUT2D eigenvalue weighted by molar-refractivity contribution is -0.153. The van der Waals surface area contributed by atoms with Crippen LogP contribution in [0.4, 0.5) is 0 Å². The number of imidazole rings is 1. The summed E-state index contributed by atoms with van der Waals surface area (Å²) in [4.78, 5) is 30.6. The zero-order chi connectivity index (χ0) is 16.4. The summed E-state index contributed by atoms with van der Waals surface area (Å²) in [6, 6.07) is 0. The van der Waals surface area contributed by atoms with Crippen LogP contribution in [0.5, 0.6) is 0 Å². The third-order valence-electron chi connectivity index (χ3n) is 5.21. The molecule has 1 fully saturated rings. The van der Waals surface area contributed by atoms with E-state index in [0.717, 1.165) is 19.3 Å². The quantitative estimate of drug-likeness (QED) is 0.865. The number of rotatable bonds is 3. The summed E-state index contributed by atoms with van der Waals surface area (Å²) in [6.07, 6.45) is 11.1. The molecule has 0 bridgehead atoms. The Morgan fingerprint density at radius 2 is 2.04 bits per heavy atom. The van der Waals surface area contributed by atoms with E-state index in [1.165, 1.54) is 0 Å². The molecule has 0 saturated carbocycles. The van der Waals surface area contributed by atoms with Gasteiger partial charge in [0, 0.05) is 31.4 Å². The van der Waals surface area contributed by atoms with Crippen LogP contribution in [0.25, 0.3) is 0 Å². The summed E-state index contributed by atoms with van der Waals surface area (Å²) < 4.78 is 1.75. The molecule has 0 radical (unpaired) electrons. The van der Waals surface area contributed by atoms with Gasteiger partial charge in [0.25, 0.3) is 0 Å². The van der Waals surface area contributed by atoms with Crippen molar-refractivity contribution in [2.75, 3.05) is 13.1 Å². The number of amides is 1. The van der Waals surface area contributed by atoms with Crippen molar-refractivity contribution in [2.24, 2.45) is 5.92 Å². The summed E-state index contributed by atoms with van der Waals surface area (Å²) in [5, 5.41) is 9.80. The number of nitrogens with zero attached hydrogens (tertiary/aromatic N) is 3. The Kier molecular flexibility index (Phi) is 4.24. The second-order valence-corrected chi connectivity index (χ2v) is 6.49. The Bertz CT molecular complexity index is 627. The Hall–Kier alpha value is -2.11. The first-order valence-electron chi connectivity index (χ1n) is 8.22. The molecule has 23 heavy (non-hydrogen) atoms. The van der Waals surface area contributed by atoms with E-state index in [4.69, 9.17) is 0 Å². The molecule has 1 aromatic rings.